The molecule has 0 aliphatic carbocycles. The Hall–Kier alpha value is -2.33. The number of nitrogens with zero attached hydrogens (tertiary/aromatic N) is 4. The van der Waals surface area contributed by atoms with Gasteiger partial charge >= 0.3 is 6.03 Å². The van der Waals surface area contributed by atoms with Gasteiger partial charge in [0.25, 0.3) is 0 Å². The van der Waals surface area contributed by atoms with Crippen molar-refractivity contribution in [3.05, 3.63) is 23.9 Å². The molecule has 2 N–H and O–H groups in total. The van der Waals surface area contributed by atoms with E-state index in [9.17, 15) is 9.90 Å². The second-order valence-electron chi connectivity index (χ2n) is 6.84. The highest BCUT2D eigenvalue weighted by molar-refractivity contribution is 5.74. The standard InChI is InChI=1S/C18H25N5O2/c19-11-15-1-2-17(20-12-15)22-9-5-16(6-10-22)21-18(25)23-7-3-14(13-24)4-8-23/h1-2,12,14,16,24H,3-10,13H2,(H,21,25). The molecule has 3 heterocycles. The number of likely N-dealkylation sites (tertiary alicyclic amines) is 1. The molecule has 1 aromatic rings. The quantitative estimate of drug-likeness (QED) is 0.864. The van der Waals surface area contributed by atoms with E-state index in [0.29, 0.717) is 11.5 Å². The number of aliphatic hydroxyl groups is 1. The molecule has 2 aliphatic rings. The van der Waals surface area contributed by atoms with Gasteiger partial charge in [-0.1, -0.05) is 0 Å². The molecular formula is C18H25N5O2. The number of pyridine rings is 1. The topological polar surface area (TPSA) is 92.5 Å². The Morgan fingerprint density at radius 1 is 1.24 bits per heavy atom. The number of carbonyl (C=O) groups is 1. The molecule has 0 saturated carbocycles. The predicted octanol–water partition coefficient (Wildman–Crippen LogP) is 1.34. The summed E-state index contributed by atoms with van der Waals surface area (Å²) in [7, 11) is 0. The SMILES string of the molecule is N#Cc1ccc(N2CCC(NC(=O)N3CCC(CO)CC3)CC2)nc1. The van der Waals surface area contributed by atoms with Crippen LogP contribution in [0.5, 0.6) is 0 Å². The number of hydrogen-bond acceptors (Lipinski definition) is 5. The van der Waals surface area contributed by atoms with Crippen LogP contribution in [0.4, 0.5) is 10.6 Å². The maximum Gasteiger partial charge on any atom is 0.317 e. The van der Waals surface area contributed by atoms with Gasteiger partial charge in [-0.15, -0.1) is 0 Å². The Kier molecular flexibility index (Phi) is 5.71. The number of amides is 2. The van der Waals surface area contributed by atoms with Crippen LogP contribution in [0, 0.1) is 17.2 Å². The summed E-state index contributed by atoms with van der Waals surface area (Å²) in [6.45, 7) is 3.36. The molecule has 0 spiro atoms. The third-order valence-corrected chi connectivity index (χ3v) is 5.18. The van der Waals surface area contributed by atoms with E-state index in [4.69, 9.17) is 5.26 Å². The molecule has 7 heteroatoms. The van der Waals surface area contributed by atoms with Crippen LogP contribution in [0.2, 0.25) is 0 Å². The van der Waals surface area contributed by atoms with Crippen molar-refractivity contribution in [3.8, 4) is 6.07 Å². The second-order valence-corrected chi connectivity index (χ2v) is 6.84. The fourth-order valence-corrected chi connectivity index (χ4v) is 3.48. The van der Waals surface area contributed by atoms with Crippen molar-refractivity contribution in [1.29, 1.82) is 5.26 Å². The summed E-state index contributed by atoms with van der Waals surface area (Å²) in [5, 5.41) is 21.2. The number of carbonyl (C=O) groups excluding carboxylic acids is 1. The number of anilines is 1. The van der Waals surface area contributed by atoms with Gasteiger partial charge in [0.2, 0.25) is 0 Å². The highest BCUT2D eigenvalue weighted by Crippen LogP contribution is 2.19. The average Bonchev–Trinajstić information content (AvgIpc) is 2.68. The first-order valence-electron chi connectivity index (χ1n) is 8.97. The van der Waals surface area contributed by atoms with E-state index in [1.807, 2.05) is 11.0 Å². The minimum Gasteiger partial charge on any atom is -0.396 e. The van der Waals surface area contributed by atoms with Gasteiger partial charge in [0.15, 0.2) is 0 Å². The molecule has 0 atom stereocenters. The van der Waals surface area contributed by atoms with Crippen molar-refractivity contribution in [1.82, 2.24) is 15.2 Å². The lowest BCUT2D eigenvalue weighted by Crippen LogP contribution is -2.51. The van der Waals surface area contributed by atoms with E-state index < -0.39 is 0 Å². The van der Waals surface area contributed by atoms with Gasteiger partial charge in [0.1, 0.15) is 11.9 Å². The van der Waals surface area contributed by atoms with E-state index >= 15 is 0 Å². The van der Waals surface area contributed by atoms with Crippen molar-refractivity contribution in [3.63, 3.8) is 0 Å². The minimum atomic E-state index is 0.0198. The summed E-state index contributed by atoms with van der Waals surface area (Å²) in [4.78, 5) is 20.8. The van der Waals surface area contributed by atoms with Gasteiger partial charge < -0.3 is 20.2 Å². The lowest BCUT2D eigenvalue weighted by Gasteiger charge is -2.36. The zero-order valence-electron chi connectivity index (χ0n) is 14.4. The molecule has 1 aromatic heterocycles. The van der Waals surface area contributed by atoms with Gasteiger partial charge in [-0.3, -0.25) is 0 Å². The van der Waals surface area contributed by atoms with Crippen LogP contribution in [0.3, 0.4) is 0 Å². The van der Waals surface area contributed by atoms with Crippen molar-refractivity contribution in [2.24, 2.45) is 5.92 Å². The molecule has 2 aliphatic heterocycles. The van der Waals surface area contributed by atoms with Crippen LogP contribution in [0.25, 0.3) is 0 Å². The number of aliphatic hydroxyl groups excluding tert-OH is 1. The summed E-state index contributed by atoms with van der Waals surface area (Å²) in [5.74, 6) is 1.22. The molecular weight excluding hydrogens is 318 g/mol. The second kappa shape index (κ2) is 8.17. The van der Waals surface area contributed by atoms with E-state index in [-0.39, 0.29) is 18.7 Å². The Morgan fingerprint density at radius 3 is 2.52 bits per heavy atom. The number of aromatic nitrogens is 1. The molecule has 2 amide bonds. The van der Waals surface area contributed by atoms with Gasteiger partial charge in [-0.25, -0.2) is 9.78 Å². The van der Waals surface area contributed by atoms with Gasteiger partial charge in [-0.2, -0.15) is 5.26 Å². The average molecular weight is 343 g/mol. The monoisotopic (exact) mass is 343 g/mol. The third kappa shape index (κ3) is 4.40. The lowest BCUT2D eigenvalue weighted by atomic mass is 9.98. The van der Waals surface area contributed by atoms with E-state index in [0.717, 1.165) is 57.7 Å². The zero-order chi connectivity index (χ0) is 17.6. The Bertz CT molecular complexity index is 611. The lowest BCUT2D eigenvalue weighted by molar-refractivity contribution is 0.135. The van der Waals surface area contributed by atoms with Crippen molar-refractivity contribution in [2.75, 3.05) is 37.7 Å². The fourth-order valence-electron chi connectivity index (χ4n) is 3.48. The summed E-state index contributed by atoms with van der Waals surface area (Å²) >= 11 is 0. The van der Waals surface area contributed by atoms with Crippen LogP contribution in [-0.2, 0) is 0 Å². The first-order chi connectivity index (χ1) is 12.2. The maximum atomic E-state index is 12.4. The molecule has 7 nitrogen and oxygen atoms in total. The highest BCUT2D eigenvalue weighted by atomic mass is 16.3. The van der Waals surface area contributed by atoms with E-state index in [2.05, 4.69) is 21.3 Å². The van der Waals surface area contributed by atoms with E-state index in [1.54, 1.807) is 12.3 Å². The number of urea groups is 1. The molecule has 0 unspecified atom stereocenters. The summed E-state index contributed by atoms with van der Waals surface area (Å²) < 4.78 is 0. The van der Waals surface area contributed by atoms with Crippen molar-refractivity contribution < 1.29 is 9.90 Å². The Labute approximate surface area is 148 Å². The van der Waals surface area contributed by atoms with Crippen LogP contribution < -0.4 is 10.2 Å². The molecule has 2 fully saturated rings. The molecule has 0 bridgehead atoms. The zero-order valence-corrected chi connectivity index (χ0v) is 14.4. The molecule has 0 aromatic carbocycles. The van der Waals surface area contributed by atoms with Gasteiger partial charge in [0, 0.05) is 45.0 Å². The maximum absolute atomic E-state index is 12.4. The third-order valence-electron chi connectivity index (χ3n) is 5.18. The normalized spacial score (nSPS) is 19.5. The first-order valence-corrected chi connectivity index (χ1v) is 8.97. The van der Waals surface area contributed by atoms with Crippen molar-refractivity contribution >= 4 is 11.8 Å². The molecule has 0 radical (unpaired) electrons. The van der Waals surface area contributed by atoms with Crippen LogP contribution >= 0.6 is 0 Å². The number of piperidine rings is 2. The van der Waals surface area contributed by atoms with Gasteiger partial charge in [-0.05, 0) is 43.7 Å². The van der Waals surface area contributed by atoms with Gasteiger partial charge in [0.05, 0.1) is 5.56 Å². The van der Waals surface area contributed by atoms with Crippen molar-refractivity contribution in [2.45, 2.75) is 31.7 Å². The smallest absolute Gasteiger partial charge is 0.317 e. The largest absolute Gasteiger partial charge is 0.396 e. The van der Waals surface area contributed by atoms with Crippen LogP contribution in [-0.4, -0.2) is 59.8 Å². The van der Waals surface area contributed by atoms with E-state index in [1.165, 1.54) is 0 Å². The Balaban J connectivity index is 1.44. The molecule has 3 rings (SSSR count). The summed E-state index contributed by atoms with van der Waals surface area (Å²) in [6.07, 6.45) is 5.14. The number of nitriles is 1. The molecule has 2 saturated heterocycles. The molecule has 134 valence electrons. The first kappa shape index (κ1) is 17.5. The Morgan fingerprint density at radius 2 is 1.96 bits per heavy atom. The number of rotatable bonds is 3. The minimum absolute atomic E-state index is 0.0198. The van der Waals surface area contributed by atoms with Crippen LogP contribution in [0.15, 0.2) is 18.3 Å². The van der Waals surface area contributed by atoms with Crippen LogP contribution in [0.1, 0.15) is 31.2 Å². The number of nitrogens with one attached hydrogen (secondary N) is 1. The molecule has 25 heavy (non-hydrogen) atoms. The predicted molar refractivity (Wildman–Crippen MR) is 94.1 cm³/mol. The number of hydrogen-bond donors (Lipinski definition) is 2. The fraction of sp³-hybridized carbons (Fsp3) is 0.611. The highest BCUT2D eigenvalue weighted by Gasteiger charge is 2.26. The summed E-state index contributed by atoms with van der Waals surface area (Å²) in [6, 6.07) is 5.95. The summed E-state index contributed by atoms with van der Waals surface area (Å²) in [5.41, 5.74) is 0.566.